The first kappa shape index (κ1) is 27.5. The quantitative estimate of drug-likeness (QED) is 0.350. The van der Waals surface area contributed by atoms with E-state index >= 15 is 0 Å². The van der Waals surface area contributed by atoms with E-state index in [2.05, 4.69) is 20.8 Å². The Labute approximate surface area is 202 Å². The van der Waals surface area contributed by atoms with Crippen LogP contribution in [0.15, 0.2) is 36.4 Å². The Bertz CT molecular complexity index is 969. The van der Waals surface area contributed by atoms with Crippen LogP contribution in [0.25, 0.3) is 0 Å². The number of benzene rings is 2. The van der Waals surface area contributed by atoms with Crippen LogP contribution in [0, 0.1) is 11.3 Å². The zero-order valence-electron chi connectivity index (χ0n) is 21.3. The standard InChI is InChI=1S/C26H35O7P/c1-17(15-26(2,3)4)16-34(29,24(27)22-18(30-5)11-9-12-19(22)31-6)25(28)23-20(32-7)13-10-14-21(23)33-8/h9-14,17H,15-16H2,1-8H3/t17-/m1/s1. The van der Waals surface area contributed by atoms with Crippen molar-refractivity contribution in [1.82, 2.24) is 0 Å². The first-order valence-electron chi connectivity index (χ1n) is 11.0. The molecule has 0 saturated carbocycles. The van der Waals surface area contributed by atoms with Gasteiger partial charge in [-0.2, -0.15) is 0 Å². The number of ether oxygens (including phenoxy) is 4. The van der Waals surface area contributed by atoms with Crippen LogP contribution in [0.3, 0.4) is 0 Å². The smallest absolute Gasteiger partial charge is 0.236 e. The van der Waals surface area contributed by atoms with E-state index in [0.717, 1.165) is 0 Å². The zero-order valence-corrected chi connectivity index (χ0v) is 22.2. The fourth-order valence-electron chi connectivity index (χ4n) is 4.29. The van der Waals surface area contributed by atoms with Gasteiger partial charge in [-0.05, 0) is 42.0 Å². The average Bonchev–Trinajstić information content (AvgIpc) is 2.80. The highest BCUT2D eigenvalue weighted by Gasteiger charge is 2.46. The summed E-state index contributed by atoms with van der Waals surface area (Å²) < 4.78 is 36.2. The summed E-state index contributed by atoms with van der Waals surface area (Å²) in [7, 11) is 1.38. The van der Waals surface area contributed by atoms with Crippen molar-refractivity contribution in [2.75, 3.05) is 34.6 Å². The highest BCUT2D eigenvalue weighted by molar-refractivity contribution is 7.95. The predicted octanol–water partition coefficient (Wildman–Crippen LogP) is 6.14. The van der Waals surface area contributed by atoms with E-state index in [1.165, 1.54) is 28.4 Å². The molecule has 2 aromatic rings. The normalized spacial score (nSPS) is 12.6. The molecule has 0 radical (unpaired) electrons. The molecule has 2 aromatic carbocycles. The summed E-state index contributed by atoms with van der Waals surface area (Å²) in [4.78, 5) is 28.0. The highest BCUT2D eigenvalue weighted by atomic mass is 31.2. The van der Waals surface area contributed by atoms with Gasteiger partial charge in [0.15, 0.2) is 0 Å². The summed E-state index contributed by atoms with van der Waals surface area (Å²) in [6.07, 6.45) is 0.564. The van der Waals surface area contributed by atoms with Crippen LogP contribution in [0.1, 0.15) is 54.8 Å². The fourth-order valence-corrected chi connectivity index (χ4v) is 6.98. The minimum absolute atomic E-state index is 0.0130. The van der Waals surface area contributed by atoms with Crippen molar-refractivity contribution in [3.05, 3.63) is 47.5 Å². The highest BCUT2D eigenvalue weighted by Crippen LogP contribution is 2.58. The molecular weight excluding hydrogens is 455 g/mol. The lowest BCUT2D eigenvalue weighted by atomic mass is 9.86. The lowest BCUT2D eigenvalue weighted by Gasteiger charge is -2.27. The molecule has 34 heavy (non-hydrogen) atoms. The van der Waals surface area contributed by atoms with Gasteiger partial charge in [0.05, 0.1) is 28.4 Å². The molecule has 0 bridgehead atoms. The van der Waals surface area contributed by atoms with Crippen molar-refractivity contribution in [1.29, 1.82) is 0 Å². The van der Waals surface area contributed by atoms with Crippen molar-refractivity contribution >= 4 is 18.2 Å². The topological polar surface area (TPSA) is 88.1 Å². The number of methoxy groups -OCH3 is 4. The molecule has 0 aromatic heterocycles. The maximum atomic E-state index is 14.7. The molecular formula is C26H35O7P. The van der Waals surface area contributed by atoms with E-state index in [1.54, 1.807) is 36.4 Å². The number of hydrogen-bond donors (Lipinski definition) is 0. The lowest BCUT2D eigenvalue weighted by Crippen LogP contribution is -2.21. The SMILES string of the molecule is COc1cccc(OC)c1C(=O)P(=O)(C[C@H](C)CC(C)(C)C)C(=O)c1c(OC)cccc1OC. The summed E-state index contributed by atoms with van der Waals surface area (Å²) >= 11 is 0. The van der Waals surface area contributed by atoms with Crippen molar-refractivity contribution in [2.24, 2.45) is 11.3 Å². The summed E-state index contributed by atoms with van der Waals surface area (Å²) in [6, 6.07) is 9.62. The molecule has 0 heterocycles. The van der Waals surface area contributed by atoms with Gasteiger partial charge in [-0.15, -0.1) is 0 Å². The van der Waals surface area contributed by atoms with Crippen LogP contribution in [0.5, 0.6) is 23.0 Å². The third kappa shape index (κ3) is 5.82. The predicted molar refractivity (Wildman–Crippen MR) is 133 cm³/mol. The van der Waals surface area contributed by atoms with Crippen LogP contribution in [0.4, 0.5) is 0 Å². The van der Waals surface area contributed by atoms with Gasteiger partial charge in [0.25, 0.3) is 0 Å². The Morgan fingerprint density at radius 1 is 0.765 bits per heavy atom. The first-order chi connectivity index (χ1) is 15.9. The number of hydrogen-bond acceptors (Lipinski definition) is 7. The number of carbonyl (C=O) groups excluding carboxylic acids is 2. The van der Waals surface area contributed by atoms with Gasteiger partial charge < -0.3 is 23.5 Å². The molecule has 0 N–H and O–H groups in total. The molecule has 0 fully saturated rings. The fraction of sp³-hybridized carbons (Fsp3) is 0.462. The Morgan fingerprint density at radius 2 is 1.09 bits per heavy atom. The summed E-state index contributed by atoms with van der Waals surface area (Å²) in [5, 5.41) is 0. The second-order valence-corrected chi connectivity index (χ2v) is 12.1. The van der Waals surface area contributed by atoms with Crippen molar-refractivity contribution in [2.45, 2.75) is 34.1 Å². The van der Waals surface area contributed by atoms with Gasteiger partial charge in [-0.3, -0.25) is 9.59 Å². The summed E-state index contributed by atoms with van der Waals surface area (Å²) in [5.41, 5.74) is -1.72. The summed E-state index contributed by atoms with van der Waals surface area (Å²) in [6.45, 7) is 8.08. The van der Waals surface area contributed by atoms with Crippen LogP contribution in [0.2, 0.25) is 0 Å². The molecule has 0 aliphatic carbocycles. The molecule has 0 saturated heterocycles. The second kappa shape index (κ2) is 11.1. The van der Waals surface area contributed by atoms with Gasteiger partial charge in [-0.25, -0.2) is 0 Å². The molecule has 7 nitrogen and oxygen atoms in total. The van der Waals surface area contributed by atoms with E-state index in [1.807, 2.05) is 6.92 Å². The van der Waals surface area contributed by atoms with Crippen molar-refractivity contribution in [3.8, 4) is 23.0 Å². The molecule has 0 amide bonds. The monoisotopic (exact) mass is 490 g/mol. The maximum Gasteiger partial charge on any atom is 0.236 e. The van der Waals surface area contributed by atoms with Crippen LogP contribution < -0.4 is 18.9 Å². The molecule has 0 aliphatic heterocycles. The minimum Gasteiger partial charge on any atom is -0.496 e. The molecule has 186 valence electrons. The van der Waals surface area contributed by atoms with E-state index in [9.17, 15) is 14.2 Å². The van der Waals surface area contributed by atoms with E-state index in [0.29, 0.717) is 6.42 Å². The van der Waals surface area contributed by atoms with Gasteiger partial charge in [0.1, 0.15) is 34.1 Å². The Hall–Kier alpha value is -2.79. The van der Waals surface area contributed by atoms with E-state index in [-0.39, 0.29) is 51.6 Å². The third-order valence-corrected chi connectivity index (χ3v) is 8.37. The average molecular weight is 491 g/mol. The van der Waals surface area contributed by atoms with Gasteiger partial charge in [0, 0.05) is 6.16 Å². The Morgan fingerprint density at radius 3 is 1.35 bits per heavy atom. The molecule has 2 rings (SSSR count). The van der Waals surface area contributed by atoms with Gasteiger partial charge in [0.2, 0.25) is 18.2 Å². The Kier molecular flexibility index (Phi) is 8.96. The third-order valence-electron chi connectivity index (χ3n) is 5.47. The Balaban J connectivity index is 2.77. The second-order valence-electron chi connectivity index (χ2n) is 9.48. The summed E-state index contributed by atoms with van der Waals surface area (Å²) in [5.74, 6) is 0.571. The number of carbonyl (C=O) groups is 2. The lowest BCUT2D eigenvalue weighted by molar-refractivity contribution is 0.103. The van der Waals surface area contributed by atoms with E-state index in [4.69, 9.17) is 18.9 Å². The minimum atomic E-state index is -4.25. The molecule has 0 spiro atoms. The zero-order chi connectivity index (χ0) is 25.7. The number of rotatable bonds is 11. The largest absolute Gasteiger partial charge is 0.496 e. The van der Waals surface area contributed by atoms with Gasteiger partial charge >= 0.3 is 0 Å². The molecule has 0 aliphatic rings. The van der Waals surface area contributed by atoms with Crippen LogP contribution >= 0.6 is 7.14 Å². The van der Waals surface area contributed by atoms with E-state index < -0.39 is 18.2 Å². The van der Waals surface area contributed by atoms with Crippen molar-refractivity contribution < 1.29 is 33.1 Å². The molecule has 8 heteroatoms. The van der Waals surface area contributed by atoms with Crippen molar-refractivity contribution in [3.63, 3.8) is 0 Å². The maximum absolute atomic E-state index is 14.7. The van der Waals surface area contributed by atoms with Crippen LogP contribution in [-0.2, 0) is 4.57 Å². The molecule has 1 atom stereocenters. The van der Waals surface area contributed by atoms with Gasteiger partial charge in [-0.1, -0.05) is 39.8 Å². The first-order valence-corrected chi connectivity index (χ1v) is 12.9. The molecule has 0 unspecified atom stereocenters. The van der Waals surface area contributed by atoms with Crippen LogP contribution in [-0.4, -0.2) is 45.6 Å².